The Balaban J connectivity index is 1.70. The highest BCUT2D eigenvalue weighted by Crippen LogP contribution is 2.59. The van der Waals surface area contributed by atoms with Crippen molar-refractivity contribution in [2.24, 2.45) is 0 Å². The monoisotopic (exact) mass is 497 g/mol. The normalized spacial score (nSPS) is 23.8. The third-order valence-electron chi connectivity index (χ3n) is 5.87. The lowest BCUT2D eigenvalue weighted by atomic mass is 9.84. The van der Waals surface area contributed by atoms with Gasteiger partial charge in [0.2, 0.25) is 0 Å². The van der Waals surface area contributed by atoms with Crippen LogP contribution in [0.5, 0.6) is 5.75 Å². The Morgan fingerprint density at radius 1 is 0.967 bits per heavy atom. The SMILES string of the molecule is O=S1(=O)Oc2ccc(Br)cc2[C@H]2c3c([nH]c4ccccc34)S[C@H](c3ccccc3)[C@H]21. The van der Waals surface area contributed by atoms with E-state index in [2.05, 4.69) is 27.0 Å². The molecule has 0 amide bonds. The molecule has 2 aliphatic rings. The van der Waals surface area contributed by atoms with Crippen LogP contribution < -0.4 is 4.18 Å². The van der Waals surface area contributed by atoms with Gasteiger partial charge in [-0.05, 0) is 29.8 Å². The van der Waals surface area contributed by atoms with Crippen molar-refractivity contribution in [2.75, 3.05) is 0 Å². The van der Waals surface area contributed by atoms with Gasteiger partial charge in [-0.15, -0.1) is 0 Å². The van der Waals surface area contributed by atoms with Crippen LogP contribution in [0.4, 0.5) is 0 Å². The fraction of sp³-hybridized carbons (Fsp3) is 0.130. The number of rotatable bonds is 1. The Morgan fingerprint density at radius 3 is 2.57 bits per heavy atom. The second-order valence-electron chi connectivity index (χ2n) is 7.56. The van der Waals surface area contributed by atoms with E-state index >= 15 is 0 Å². The summed E-state index contributed by atoms with van der Waals surface area (Å²) < 4.78 is 33.4. The van der Waals surface area contributed by atoms with Gasteiger partial charge in [0.25, 0.3) is 0 Å². The summed E-state index contributed by atoms with van der Waals surface area (Å²) in [5.41, 5.74) is 3.94. The fourth-order valence-corrected chi connectivity index (χ4v) is 8.56. The molecule has 3 aromatic carbocycles. The van der Waals surface area contributed by atoms with Gasteiger partial charge in [0.15, 0.2) is 0 Å². The van der Waals surface area contributed by atoms with Crippen molar-refractivity contribution in [3.8, 4) is 5.75 Å². The molecule has 0 spiro atoms. The van der Waals surface area contributed by atoms with Crippen LogP contribution in [-0.2, 0) is 10.1 Å². The first kappa shape index (κ1) is 18.5. The molecule has 0 saturated carbocycles. The van der Waals surface area contributed by atoms with Crippen LogP contribution in [0.25, 0.3) is 10.9 Å². The van der Waals surface area contributed by atoms with E-state index in [0.29, 0.717) is 5.75 Å². The molecule has 4 aromatic rings. The molecular weight excluding hydrogens is 482 g/mol. The molecule has 7 heteroatoms. The van der Waals surface area contributed by atoms with E-state index < -0.39 is 15.4 Å². The standard InChI is InChI=1S/C23H16BrNO3S2/c24-14-10-11-18-16(12-14)19-20-15-8-4-5-9-17(15)25-23(20)29-21(13-6-2-1-3-7-13)22(19)30(26,27)28-18/h1-12,19,21-22,25H/t19-,21+,22-/m0/s1. The van der Waals surface area contributed by atoms with E-state index in [1.54, 1.807) is 17.8 Å². The topological polar surface area (TPSA) is 59.2 Å². The van der Waals surface area contributed by atoms with E-state index in [1.807, 2.05) is 60.7 Å². The van der Waals surface area contributed by atoms with Crippen LogP contribution in [0.2, 0.25) is 0 Å². The van der Waals surface area contributed by atoms with E-state index in [1.165, 1.54) is 0 Å². The summed E-state index contributed by atoms with van der Waals surface area (Å²) >= 11 is 5.13. The smallest absolute Gasteiger partial charge is 0.314 e. The number of thioether (sulfide) groups is 1. The summed E-state index contributed by atoms with van der Waals surface area (Å²) in [6.07, 6.45) is 0. The third-order valence-corrected chi connectivity index (χ3v) is 9.53. The lowest BCUT2D eigenvalue weighted by Crippen LogP contribution is -2.42. The van der Waals surface area contributed by atoms with Gasteiger partial charge in [-0.25, -0.2) is 0 Å². The molecule has 4 nitrogen and oxygen atoms in total. The summed E-state index contributed by atoms with van der Waals surface area (Å²) in [5, 5.41) is 1.08. The van der Waals surface area contributed by atoms with Crippen molar-refractivity contribution in [3.05, 3.63) is 94.0 Å². The molecule has 150 valence electrons. The van der Waals surface area contributed by atoms with Gasteiger partial charge in [0, 0.05) is 32.4 Å². The number of benzene rings is 3. The van der Waals surface area contributed by atoms with Crippen LogP contribution in [0.3, 0.4) is 0 Å². The van der Waals surface area contributed by atoms with Gasteiger partial charge in [-0.3, -0.25) is 0 Å². The minimum Gasteiger partial charge on any atom is -0.382 e. The lowest BCUT2D eigenvalue weighted by Gasteiger charge is -2.40. The molecule has 1 N–H and O–H groups in total. The van der Waals surface area contributed by atoms with Crippen molar-refractivity contribution in [1.29, 1.82) is 0 Å². The zero-order valence-electron chi connectivity index (χ0n) is 15.6. The average molecular weight is 498 g/mol. The van der Waals surface area contributed by atoms with E-state index in [0.717, 1.165) is 37.1 Å². The number of aromatic nitrogens is 1. The van der Waals surface area contributed by atoms with Crippen LogP contribution in [0.15, 0.2) is 82.3 Å². The molecule has 0 unspecified atom stereocenters. The Morgan fingerprint density at radius 2 is 1.73 bits per heavy atom. The number of halogens is 1. The molecule has 0 fully saturated rings. The van der Waals surface area contributed by atoms with Gasteiger partial charge in [-0.1, -0.05) is 76.2 Å². The summed E-state index contributed by atoms with van der Waals surface area (Å²) in [6.45, 7) is 0. The van der Waals surface area contributed by atoms with Crippen molar-refractivity contribution < 1.29 is 12.6 Å². The van der Waals surface area contributed by atoms with Gasteiger partial charge in [-0.2, -0.15) is 8.42 Å². The Kier molecular flexibility index (Phi) is 4.10. The third kappa shape index (κ3) is 2.69. The zero-order chi connectivity index (χ0) is 20.5. The van der Waals surface area contributed by atoms with Gasteiger partial charge in [0.1, 0.15) is 11.0 Å². The minimum absolute atomic E-state index is 0.283. The van der Waals surface area contributed by atoms with Gasteiger partial charge in [0.05, 0.1) is 10.3 Å². The minimum atomic E-state index is -3.85. The molecule has 0 saturated heterocycles. The molecule has 0 bridgehead atoms. The average Bonchev–Trinajstić information content (AvgIpc) is 3.12. The quantitative estimate of drug-likeness (QED) is 0.327. The number of hydrogen-bond donors (Lipinski definition) is 1. The summed E-state index contributed by atoms with van der Waals surface area (Å²) in [5.74, 6) is 0.0863. The summed E-state index contributed by atoms with van der Waals surface area (Å²) in [6, 6.07) is 23.5. The first-order valence-corrected chi connectivity index (χ1v) is 12.7. The number of H-pyrrole nitrogens is 1. The first-order chi connectivity index (χ1) is 14.5. The maximum atomic E-state index is 13.5. The fourth-order valence-electron chi connectivity index (χ4n) is 4.64. The largest absolute Gasteiger partial charge is 0.382 e. The predicted octanol–water partition coefficient (Wildman–Crippen LogP) is 6.00. The maximum Gasteiger partial charge on any atom is 0.314 e. The molecule has 30 heavy (non-hydrogen) atoms. The molecule has 3 heterocycles. The lowest BCUT2D eigenvalue weighted by molar-refractivity contribution is 0.434. The number of hydrogen-bond acceptors (Lipinski definition) is 4. The van der Waals surface area contributed by atoms with Gasteiger partial charge >= 0.3 is 10.1 Å². The molecular formula is C23H16BrNO3S2. The molecule has 3 atom stereocenters. The highest BCUT2D eigenvalue weighted by atomic mass is 79.9. The van der Waals surface area contributed by atoms with Crippen LogP contribution in [-0.4, -0.2) is 18.7 Å². The maximum absolute atomic E-state index is 13.5. The summed E-state index contributed by atoms with van der Waals surface area (Å²) in [4.78, 5) is 3.54. The van der Waals surface area contributed by atoms with E-state index in [4.69, 9.17) is 4.18 Å². The first-order valence-electron chi connectivity index (χ1n) is 9.58. The molecule has 2 aliphatic heterocycles. The number of fused-ring (bicyclic) bond motifs is 7. The van der Waals surface area contributed by atoms with Crippen LogP contribution >= 0.6 is 27.7 Å². The van der Waals surface area contributed by atoms with Crippen LogP contribution in [0.1, 0.15) is 27.9 Å². The van der Waals surface area contributed by atoms with Gasteiger partial charge < -0.3 is 9.17 Å². The number of nitrogens with one attached hydrogen (secondary N) is 1. The molecule has 6 rings (SSSR count). The molecule has 1 aromatic heterocycles. The van der Waals surface area contributed by atoms with Crippen LogP contribution in [0, 0.1) is 0 Å². The van der Waals surface area contributed by atoms with Crippen molar-refractivity contribution in [3.63, 3.8) is 0 Å². The van der Waals surface area contributed by atoms with Crippen molar-refractivity contribution in [1.82, 2.24) is 4.98 Å². The van der Waals surface area contributed by atoms with Crippen molar-refractivity contribution in [2.45, 2.75) is 21.4 Å². The second kappa shape index (κ2) is 6.64. The Hall–Kier alpha value is -2.22. The van der Waals surface area contributed by atoms with Crippen molar-refractivity contribution >= 4 is 48.7 Å². The molecule has 0 radical (unpaired) electrons. The Bertz CT molecular complexity index is 1400. The second-order valence-corrected chi connectivity index (χ2v) is 11.3. The molecule has 0 aliphatic carbocycles. The Labute approximate surface area is 186 Å². The summed E-state index contributed by atoms with van der Waals surface area (Å²) in [7, 11) is -3.85. The highest BCUT2D eigenvalue weighted by Gasteiger charge is 2.52. The van der Waals surface area contributed by atoms with E-state index in [-0.39, 0.29) is 11.2 Å². The predicted molar refractivity (Wildman–Crippen MR) is 123 cm³/mol. The highest BCUT2D eigenvalue weighted by molar-refractivity contribution is 9.10. The zero-order valence-corrected chi connectivity index (χ0v) is 18.8. The number of aromatic amines is 1. The number of para-hydroxylation sites is 1. The van der Waals surface area contributed by atoms with E-state index in [9.17, 15) is 8.42 Å².